The zero-order chi connectivity index (χ0) is 13.9. The maximum atomic E-state index is 11.8. The number of nitrogens with one attached hydrogen (secondary N) is 1. The van der Waals surface area contributed by atoms with Gasteiger partial charge in [0.05, 0.1) is 6.61 Å². The van der Waals surface area contributed by atoms with E-state index in [4.69, 9.17) is 10.3 Å². The highest BCUT2D eigenvalue weighted by Crippen LogP contribution is 2.15. The fourth-order valence-corrected chi connectivity index (χ4v) is 1.17. The standard InChI is InChI=1S/C8H9F3N6O2/c9-8(10,11)3-18-2-1-4-13-6(19-17-4)5-14-7(12)16-15-5/h1-3H2,(H3,12,14,15,16). The molecule has 0 aliphatic rings. The summed E-state index contributed by atoms with van der Waals surface area (Å²) in [5, 5.41) is 9.59. The molecule has 19 heavy (non-hydrogen) atoms. The molecule has 2 aromatic rings. The van der Waals surface area contributed by atoms with Crippen LogP contribution in [-0.2, 0) is 11.2 Å². The van der Waals surface area contributed by atoms with Crippen molar-refractivity contribution in [1.29, 1.82) is 0 Å². The molecule has 0 amide bonds. The first kappa shape index (κ1) is 13.3. The molecule has 0 saturated carbocycles. The number of hydrogen-bond donors (Lipinski definition) is 2. The topological polar surface area (TPSA) is 116 Å². The van der Waals surface area contributed by atoms with Crippen molar-refractivity contribution in [3.63, 3.8) is 0 Å². The Bertz CT molecular complexity index is 537. The molecule has 2 aromatic heterocycles. The third-order valence-electron chi connectivity index (χ3n) is 1.91. The summed E-state index contributed by atoms with van der Waals surface area (Å²) in [4.78, 5) is 7.66. The van der Waals surface area contributed by atoms with Gasteiger partial charge in [0.2, 0.25) is 11.8 Å². The van der Waals surface area contributed by atoms with Gasteiger partial charge >= 0.3 is 6.18 Å². The Kier molecular flexibility index (Phi) is 3.64. The SMILES string of the molecule is Nc1n[nH]c(-c2nc(CCOCC(F)(F)F)no2)n1. The largest absolute Gasteiger partial charge is 0.411 e. The Balaban J connectivity index is 1.85. The molecule has 0 aliphatic carbocycles. The van der Waals surface area contributed by atoms with E-state index in [1.165, 1.54) is 0 Å². The quantitative estimate of drug-likeness (QED) is 0.767. The normalized spacial score (nSPS) is 11.9. The Morgan fingerprint density at radius 3 is 2.74 bits per heavy atom. The van der Waals surface area contributed by atoms with Gasteiger partial charge < -0.3 is 15.0 Å². The molecule has 0 radical (unpaired) electrons. The van der Waals surface area contributed by atoms with Crippen molar-refractivity contribution in [3.8, 4) is 11.7 Å². The molecule has 3 N–H and O–H groups in total. The Hall–Kier alpha value is -2.17. The molecular formula is C8H9F3N6O2. The number of nitrogens with two attached hydrogens (primary N) is 1. The predicted molar refractivity (Wildman–Crippen MR) is 54.7 cm³/mol. The molecule has 2 rings (SSSR count). The van der Waals surface area contributed by atoms with Crippen molar-refractivity contribution < 1.29 is 22.4 Å². The maximum Gasteiger partial charge on any atom is 0.411 e. The molecule has 11 heteroatoms. The third-order valence-corrected chi connectivity index (χ3v) is 1.91. The summed E-state index contributed by atoms with van der Waals surface area (Å²) in [5.41, 5.74) is 5.29. The fraction of sp³-hybridized carbons (Fsp3) is 0.500. The first-order valence-electron chi connectivity index (χ1n) is 5.09. The van der Waals surface area contributed by atoms with Crippen LogP contribution in [0.25, 0.3) is 11.7 Å². The first-order valence-corrected chi connectivity index (χ1v) is 5.09. The number of alkyl halides is 3. The van der Waals surface area contributed by atoms with E-state index in [0.29, 0.717) is 0 Å². The van der Waals surface area contributed by atoms with E-state index >= 15 is 0 Å². The smallest absolute Gasteiger partial charge is 0.372 e. The fourth-order valence-electron chi connectivity index (χ4n) is 1.17. The van der Waals surface area contributed by atoms with E-state index in [2.05, 4.69) is 30.1 Å². The highest BCUT2D eigenvalue weighted by atomic mass is 19.4. The van der Waals surface area contributed by atoms with Crippen LogP contribution in [-0.4, -0.2) is 44.7 Å². The van der Waals surface area contributed by atoms with Crippen LogP contribution < -0.4 is 5.73 Å². The van der Waals surface area contributed by atoms with Crippen molar-refractivity contribution in [3.05, 3.63) is 5.82 Å². The molecule has 0 unspecified atom stereocenters. The number of halogens is 3. The number of anilines is 1. The number of nitrogens with zero attached hydrogens (tertiary/aromatic N) is 4. The zero-order valence-corrected chi connectivity index (χ0v) is 9.44. The van der Waals surface area contributed by atoms with Gasteiger partial charge in [0, 0.05) is 6.42 Å². The van der Waals surface area contributed by atoms with Gasteiger partial charge in [-0.3, -0.25) is 5.10 Å². The summed E-state index contributed by atoms with van der Waals surface area (Å²) >= 11 is 0. The number of aromatic amines is 1. The van der Waals surface area contributed by atoms with Crippen LogP contribution in [0.3, 0.4) is 0 Å². The third kappa shape index (κ3) is 3.91. The second kappa shape index (κ2) is 5.22. The molecule has 0 saturated heterocycles. The highest BCUT2D eigenvalue weighted by Gasteiger charge is 2.27. The number of ether oxygens (including phenoxy) is 1. The summed E-state index contributed by atoms with van der Waals surface area (Å²) in [7, 11) is 0. The van der Waals surface area contributed by atoms with E-state index in [1.807, 2.05) is 0 Å². The Morgan fingerprint density at radius 1 is 1.32 bits per heavy atom. The van der Waals surface area contributed by atoms with Crippen molar-refractivity contribution in [2.75, 3.05) is 18.9 Å². The van der Waals surface area contributed by atoms with Crippen LogP contribution in [0.5, 0.6) is 0 Å². The minimum atomic E-state index is -4.35. The molecule has 0 aromatic carbocycles. The molecule has 0 spiro atoms. The molecule has 0 aliphatic heterocycles. The lowest BCUT2D eigenvalue weighted by Crippen LogP contribution is -2.18. The number of H-pyrrole nitrogens is 1. The summed E-state index contributed by atoms with van der Waals surface area (Å²) in [6.45, 7) is -1.48. The molecule has 0 atom stereocenters. The monoisotopic (exact) mass is 278 g/mol. The van der Waals surface area contributed by atoms with Gasteiger partial charge in [0.15, 0.2) is 5.82 Å². The molecular weight excluding hydrogens is 269 g/mol. The minimum Gasteiger partial charge on any atom is -0.372 e. The molecule has 0 bridgehead atoms. The highest BCUT2D eigenvalue weighted by molar-refractivity contribution is 5.41. The Labute approximate surface area is 104 Å². The van der Waals surface area contributed by atoms with Crippen molar-refractivity contribution in [1.82, 2.24) is 25.3 Å². The molecule has 104 valence electrons. The maximum absolute atomic E-state index is 11.8. The van der Waals surface area contributed by atoms with Crippen molar-refractivity contribution >= 4 is 5.95 Å². The van der Waals surface area contributed by atoms with Gasteiger partial charge in [-0.05, 0) is 0 Å². The lowest BCUT2D eigenvalue weighted by molar-refractivity contribution is -0.173. The molecule has 0 fully saturated rings. The van der Waals surface area contributed by atoms with Crippen LogP contribution >= 0.6 is 0 Å². The Morgan fingerprint density at radius 2 is 2.11 bits per heavy atom. The van der Waals surface area contributed by atoms with E-state index in [1.54, 1.807) is 0 Å². The van der Waals surface area contributed by atoms with Crippen LogP contribution in [0.15, 0.2) is 4.52 Å². The van der Waals surface area contributed by atoms with Crippen LogP contribution in [0, 0.1) is 0 Å². The van der Waals surface area contributed by atoms with Gasteiger partial charge in [-0.15, -0.1) is 5.10 Å². The lowest BCUT2D eigenvalue weighted by Gasteiger charge is -2.05. The number of aromatic nitrogens is 5. The predicted octanol–water partition coefficient (Wildman–Crippen LogP) is 0.558. The van der Waals surface area contributed by atoms with Gasteiger partial charge in [-0.1, -0.05) is 5.16 Å². The van der Waals surface area contributed by atoms with Crippen LogP contribution in [0.2, 0.25) is 0 Å². The summed E-state index contributed by atoms with van der Waals surface area (Å²) in [6, 6.07) is 0. The van der Waals surface area contributed by atoms with Crippen molar-refractivity contribution in [2.24, 2.45) is 0 Å². The van der Waals surface area contributed by atoms with Crippen LogP contribution in [0.4, 0.5) is 19.1 Å². The average molecular weight is 278 g/mol. The van der Waals surface area contributed by atoms with E-state index in [0.717, 1.165) is 0 Å². The number of rotatable bonds is 5. The van der Waals surface area contributed by atoms with E-state index in [-0.39, 0.29) is 36.5 Å². The van der Waals surface area contributed by atoms with Gasteiger partial charge in [0.25, 0.3) is 5.89 Å². The van der Waals surface area contributed by atoms with Crippen LogP contribution in [0.1, 0.15) is 5.82 Å². The van der Waals surface area contributed by atoms with Gasteiger partial charge in [-0.25, -0.2) is 0 Å². The second-order valence-electron chi connectivity index (χ2n) is 3.48. The number of hydrogen-bond acceptors (Lipinski definition) is 7. The molecule has 8 nitrogen and oxygen atoms in total. The van der Waals surface area contributed by atoms with Gasteiger partial charge in [-0.2, -0.15) is 23.1 Å². The minimum absolute atomic E-state index is 0.0169. The zero-order valence-electron chi connectivity index (χ0n) is 9.44. The summed E-state index contributed by atoms with van der Waals surface area (Å²) < 4.78 is 44.7. The lowest BCUT2D eigenvalue weighted by atomic mass is 10.4. The average Bonchev–Trinajstić information content (AvgIpc) is 2.92. The van der Waals surface area contributed by atoms with Gasteiger partial charge in [0.1, 0.15) is 6.61 Å². The first-order chi connectivity index (χ1) is 8.94. The van der Waals surface area contributed by atoms with E-state index < -0.39 is 12.8 Å². The molecule has 2 heterocycles. The number of nitrogen functional groups attached to an aromatic ring is 1. The van der Waals surface area contributed by atoms with E-state index in [9.17, 15) is 13.2 Å². The summed E-state index contributed by atoms with van der Waals surface area (Å²) in [5.74, 6) is 0.456. The second-order valence-corrected chi connectivity index (χ2v) is 3.48. The van der Waals surface area contributed by atoms with Crippen molar-refractivity contribution in [2.45, 2.75) is 12.6 Å². The summed E-state index contributed by atoms with van der Waals surface area (Å²) in [6.07, 6.45) is -4.26.